The van der Waals surface area contributed by atoms with E-state index in [0.717, 1.165) is 14.6 Å². The number of carbonyl (C=O) groups is 1. The molecule has 9 heteroatoms. The second-order valence-electron chi connectivity index (χ2n) is 4.70. The number of hydrogen-bond acceptors (Lipinski definition) is 7. The fraction of sp³-hybridized carbons (Fsp3) is 0.143. The number of benzene rings is 1. The summed E-state index contributed by atoms with van der Waals surface area (Å²) in [5.74, 6) is 0.206. The van der Waals surface area contributed by atoms with E-state index >= 15 is 0 Å². The van der Waals surface area contributed by atoms with Gasteiger partial charge in [0.1, 0.15) is 5.15 Å². The minimum Gasteiger partial charge on any atom is -0.399 e. The van der Waals surface area contributed by atoms with Gasteiger partial charge in [0.25, 0.3) is 0 Å². The van der Waals surface area contributed by atoms with Crippen LogP contribution in [-0.2, 0) is 4.79 Å². The summed E-state index contributed by atoms with van der Waals surface area (Å²) in [4.78, 5) is 24.5. The Kier molecular flexibility index (Phi) is 4.65. The summed E-state index contributed by atoms with van der Waals surface area (Å²) in [7, 11) is 0. The van der Waals surface area contributed by atoms with Crippen LogP contribution < -0.4 is 11.1 Å². The first-order valence-corrected chi connectivity index (χ1v) is 8.77. The molecule has 3 aromatic rings. The van der Waals surface area contributed by atoms with Crippen molar-refractivity contribution in [3.05, 3.63) is 35.1 Å². The second kappa shape index (κ2) is 6.69. The molecule has 23 heavy (non-hydrogen) atoms. The Morgan fingerprint density at radius 1 is 1.35 bits per heavy atom. The fourth-order valence-corrected chi connectivity index (χ4v) is 4.01. The summed E-state index contributed by atoms with van der Waals surface area (Å²) < 4.78 is 1.81. The molecule has 0 aliphatic heterocycles. The highest BCUT2D eigenvalue weighted by atomic mass is 35.5. The van der Waals surface area contributed by atoms with Gasteiger partial charge in [-0.1, -0.05) is 23.4 Å². The van der Waals surface area contributed by atoms with Crippen LogP contribution >= 0.6 is 34.7 Å². The van der Waals surface area contributed by atoms with Crippen LogP contribution in [0.1, 0.15) is 5.69 Å². The normalized spacial score (nSPS) is 10.9. The first-order valence-electron chi connectivity index (χ1n) is 6.59. The molecule has 0 unspecified atom stereocenters. The van der Waals surface area contributed by atoms with Crippen molar-refractivity contribution in [2.75, 3.05) is 16.8 Å². The SMILES string of the molecule is Cc1cc(Cl)nc(NC(=O)CSc2nc3ccc(N)cc3s2)n1. The lowest BCUT2D eigenvalue weighted by molar-refractivity contribution is -0.113. The Bertz CT molecular complexity index is 862. The predicted molar refractivity (Wildman–Crippen MR) is 95.2 cm³/mol. The molecule has 3 N–H and O–H groups in total. The van der Waals surface area contributed by atoms with Crippen LogP contribution in [-0.4, -0.2) is 26.6 Å². The number of aryl methyl sites for hydroxylation is 1. The lowest BCUT2D eigenvalue weighted by atomic mass is 10.3. The van der Waals surface area contributed by atoms with Crippen molar-refractivity contribution in [3.63, 3.8) is 0 Å². The van der Waals surface area contributed by atoms with E-state index in [0.29, 0.717) is 16.5 Å². The molecule has 2 heterocycles. The molecule has 1 aromatic carbocycles. The zero-order valence-corrected chi connectivity index (χ0v) is 14.4. The molecule has 6 nitrogen and oxygen atoms in total. The number of carbonyl (C=O) groups excluding carboxylic acids is 1. The highest BCUT2D eigenvalue weighted by molar-refractivity contribution is 8.01. The van der Waals surface area contributed by atoms with Gasteiger partial charge in [0.15, 0.2) is 4.34 Å². The first-order chi connectivity index (χ1) is 11.0. The van der Waals surface area contributed by atoms with Gasteiger partial charge < -0.3 is 5.73 Å². The van der Waals surface area contributed by atoms with Crippen LogP contribution in [0.4, 0.5) is 11.6 Å². The van der Waals surface area contributed by atoms with Gasteiger partial charge in [-0.05, 0) is 31.2 Å². The number of halogens is 1. The lowest BCUT2D eigenvalue weighted by Gasteiger charge is -2.03. The van der Waals surface area contributed by atoms with Gasteiger partial charge in [-0.2, -0.15) is 0 Å². The molecular formula is C14H12ClN5OS2. The highest BCUT2D eigenvalue weighted by Crippen LogP contribution is 2.30. The molecule has 2 aromatic heterocycles. The molecule has 1 amide bonds. The molecule has 0 saturated heterocycles. The monoisotopic (exact) mass is 365 g/mol. The number of nitrogens with two attached hydrogens (primary N) is 1. The highest BCUT2D eigenvalue weighted by Gasteiger charge is 2.10. The summed E-state index contributed by atoms with van der Waals surface area (Å²) in [5.41, 5.74) is 8.01. The summed E-state index contributed by atoms with van der Waals surface area (Å²) >= 11 is 8.70. The third kappa shape index (κ3) is 4.10. The van der Waals surface area contributed by atoms with Crippen molar-refractivity contribution in [2.24, 2.45) is 0 Å². The van der Waals surface area contributed by atoms with Crippen molar-refractivity contribution in [3.8, 4) is 0 Å². The summed E-state index contributed by atoms with van der Waals surface area (Å²) in [5, 5.41) is 2.92. The average Bonchev–Trinajstić information content (AvgIpc) is 2.86. The van der Waals surface area contributed by atoms with Gasteiger partial charge in [0.05, 0.1) is 16.0 Å². The minimum absolute atomic E-state index is 0.206. The van der Waals surface area contributed by atoms with Gasteiger partial charge in [-0.3, -0.25) is 10.1 Å². The van der Waals surface area contributed by atoms with E-state index < -0.39 is 0 Å². The van der Waals surface area contributed by atoms with E-state index in [9.17, 15) is 4.79 Å². The molecular weight excluding hydrogens is 354 g/mol. The minimum atomic E-state index is -0.213. The zero-order chi connectivity index (χ0) is 16.4. The maximum Gasteiger partial charge on any atom is 0.237 e. The van der Waals surface area contributed by atoms with E-state index in [4.69, 9.17) is 17.3 Å². The molecule has 0 bridgehead atoms. The standard InChI is InChI=1S/C14H12ClN5OS2/c1-7-4-11(15)19-13(17-7)20-12(21)6-22-14-18-9-3-2-8(16)5-10(9)23-14/h2-5H,6,16H2,1H3,(H,17,19,20,21). The Balaban J connectivity index is 1.63. The molecule has 0 atom stereocenters. The van der Waals surface area contributed by atoms with E-state index in [1.165, 1.54) is 23.1 Å². The predicted octanol–water partition coefficient (Wildman–Crippen LogP) is 3.36. The number of nitrogens with one attached hydrogen (secondary N) is 1. The maximum absolute atomic E-state index is 12.0. The van der Waals surface area contributed by atoms with Crippen molar-refractivity contribution in [2.45, 2.75) is 11.3 Å². The largest absolute Gasteiger partial charge is 0.399 e. The number of nitrogen functional groups attached to an aromatic ring is 1. The van der Waals surface area contributed by atoms with Gasteiger partial charge in [0, 0.05) is 11.4 Å². The smallest absolute Gasteiger partial charge is 0.237 e. The maximum atomic E-state index is 12.0. The van der Waals surface area contributed by atoms with Crippen molar-refractivity contribution >= 4 is 62.5 Å². The van der Waals surface area contributed by atoms with Crippen LogP contribution in [0.3, 0.4) is 0 Å². The number of nitrogens with zero attached hydrogens (tertiary/aromatic N) is 3. The number of thiazole rings is 1. The van der Waals surface area contributed by atoms with Crippen LogP contribution in [0.2, 0.25) is 5.15 Å². The molecule has 0 fully saturated rings. The van der Waals surface area contributed by atoms with Crippen LogP contribution in [0.15, 0.2) is 28.6 Å². The Hall–Kier alpha value is -1.90. The molecule has 0 aliphatic carbocycles. The van der Waals surface area contributed by atoms with Crippen LogP contribution in [0.25, 0.3) is 10.2 Å². The number of thioether (sulfide) groups is 1. The number of rotatable bonds is 4. The number of anilines is 2. The van der Waals surface area contributed by atoms with Gasteiger partial charge in [0.2, 0.25) is 11.9 Å². The van der Waals surface area contributed by atoms with Crippen LogP contribution in [0.5, 0.6) is 0 Å². The van der Waals surface area contributed by atoms with Gasteiger partial charge in [-0.15, -0.1) is 11.3 Å². The molecule has 118 valence electrons. The Morgan fingerprint density at radius 3 is 2.96 bits per heavy atom. The molecule has 0 saturated carbocycles. The lowest BCUT2D eigenvalue weighted by Crippen LogP contribution is -2.16. The molecule has 3 rings (SSSR count). The molecule has 0 aliphatic rings. The van der Waals surface area contributed by atoms with Crippen molar-refractivity contribution in [1.29, 1.82) is 0 Å². The Morgan fingerprint density at radius 2 is 2.17 bits per heavy atom. The summed E-state index contributed by atoms with van der Waals surface area (Å²) in [6, 6.07) is 7.18. The van der Waals surface area contributed by atoms with E-state index in [2.05, 4.69) is 20.3 Å². The third-order valence-electron chi connectivity index (χ3n) is 2.79. The van der Waals surface area contributed by atoms with Gasteiger partial charge in [-0.25, -0.2) is 15.0 Å². The quantitative estimate of drug-likeness (QED) is 0.418. The third-order valence-corrected chi connectivity index (χ3v) is 5.15. The first kappa shape index (κ1) is 16.0. The molecule has 0 radical (unpaired) electrons. The summed E-state index contributed by atoms with van der Waals surface area (Å²) in [6.07, 6.45) is 0. The van der Waals surface area contributed by atoms with Crippen LogP contribution in [0, 0.1) is 6.92 Å². The number of fused-ring (bicyclic) bond motifs is 1. The van der Waals surface area contributed by atoms with E-state index in [-0.39, 0.29) is 17.6 Å². The topological polar surface area (TPSA) is 93.8 Å². The molecule has 0 spiro atoms. The number of aromatic nitrogens is 3. The van der Waals surface area contributed by atoms with Crippen molar-refractivity contribution < 1.29 is 4.79 Å². The Labute approximate surface area is 145 Å². The fourth-order valence-electron chi connectivity index (χ4n) is 1.86. The van der Waals surface area contributed by atoms with Crippen molar-refractivity contribution in [1.82, 2.24) is 15.0 Å². The summed E-state index contributed by atoms with van der Waals surface area (Å²) in [6.45, 7) is 1.78. The van der Waals surface area contributed by atoms with E-state index in [1.807, 2.05) is 18.2 Å². The van der Waals surface area contributed by atoms with Gasteiger partial charge >= 0.3 is 0 Å². The van der Waals surface area contributed by atoms with E-state index in [1.54, 1.807) is 13.0 Å². The number of hydrogen-bond donors (Lipinski definition) is 2. The zero-order valence-electron chi connectivity index (χ0n) is 12.0. The average molecular weight is 366 g/mol. The second-order valence-corrected chi connectivity index (χ2v) is 7.34. The number of amides is 1.